The fourth-order valence-electron chi connectivity index (χ4n) is 5.08. The van der Waals surface area contributed by atoms with Crippen LogP contribution in [-0.2, 0) is 32.2 Å². The molecule has 2 aromatic rings. The van der Waals surface area contributed by atoms with Crippen molar-refractivity contribution in [2.45, 2.75) is 91.1 Å². The van der Waals surface area contributed by atoms with Gasteiger partial charge < -0.3 is 35.7 Å². The number of carbonyl (C=O) groups excluding carboxylic acids is 2. The van der Waals surface area contributed by atoms with Crippen LogP contribution in [0, 0.1) is 41.3 Å². The maximum Gasteiger partial charge on any atom is 0.243 e. The molecule has 2 aromatic carbocycles. The van der Waals surface area contributed by atoms with Crippen LogP contribution in [0.25, 0.3) is 0 Å². The van der Waals surface area contributed by atoms with E-state index in [0.29, 0.717) is 31.3 Å². The molecule has 1 aliphatic rings. The van der Waals surface area contributed by atoms with Crippen molar-refractivity contribution in [3.05, 3.63) is 65.0 Å². The highest BCUT2D eigenvalue weighted by atomic mass is 19.1. The van der Waals surface area contributed by atoms with Gasteiger partial charge in [0, 0.05) is 38.5 Å². The van der Waals surface area contributed by atoms with Gasteiger partial charge in [-0.1, -0.05) is 64.2 Å². The van der Waals surface area contributed by atoms with Gasteiger partial charge in [-0.2, -0.15) is 0 Å². The highest BCUT2D eigenvalue weighted by Gasteiger charge is 2.32. The SMILES string of the molecule is CC[C@H](C)[C@H](NC(=O)[C@@H](C[C@H](O)[C@@H](N)COCc1ccc(C#CC2CC2)c(OCCCOC)c1)C(C)C)C(=O)NCc1ccc(F)cc1. The predicted octanol–water partition coefficient (Wildman–Crippen LogP) is 4.72. The van der Waals surface area contributed by atoms with Gasteiger partial charge in [-0.25, -0.2) is 4.39 Å². The van der Waals surface area contributed by atoms with Gasteiger partial charge in [0.05, 0.1) is 37.5 Å². The number of benzene rings is 2. The van der Waals surface area contributed by atoms with Gasteiger partial charge in [0.15, 0.2) is 0 Å². The zero-order valence-electron chi connectivity index (χ0n) is 29.1. The molecule has 1 saturated carbocycles. The minimum atomic E-state index is -1.00. The van der Waals surface area contributed by atoms with Gasteiger partial charge in [-0.3, -0.25) is 9.59 Å². The normalized spacial score (nSPS) is 15.9. The number of aliphatic hydroxyl groups is 1. The van der Waals surface area contributed by atoms with Crippen LogP contribution >= 0.6 is 0 Å². The van der Waals surface area contributed by atoms with E-state index < -0.39 is 24.1 Å². The largest absolute Gasteiger partial charge is 0.492 e. The summed E-state index contributed by atoms with van der Waals surface area (Å²) in [5, 5.41) is 16.8. The summed E-state index contributed by atoms with van der Waals surface area (Å²) in [5.41, 5.74) is 8.81. The van der Waals surface area contributed by atoms with Crippen molar-refractivity contribution in [2.24, 2.45) is 29.4 Å². The second-order valence-electron chi connectivity index (χ2n) is 13.1. The zero-order valence-corrected chi connectivity index (χ0v) is 29.1. The van der Waals surface area contributed by atoms with Crippen molar-refractivity contribution in [3.63, 3.8) is 0 Å². The van der Waals surface area contributed by atoms with E-state index in [-0.39, 0.29) is 55.6 Å². The van der Waals surface area contributed by atoms with E-state index >= 15 is 0 Å². The van der Waals surface area contributed by atoms with Crippen LogP contribution in [-0.4, -0.2) is 62.0 Å². The third kappa shape index (κ3) is 13.2. The summed E-state index contributed by atoms with van der Waals surface area (Å²) >= 11 is 0. The molecule has 5 atom stereocenters. The Hall–Kier alpha value is -3.49. The molecule has 2 amide bonds. The molecule has 0 aliphatic heterocycles. The van der Waals surface area contributed by atoms with Gasteiger partial charge in [-0.05, 0) is 66.5 Å². The van der Waals surface area contributed by atoms with E-state index in [1.54, 1.807) is 19.2 Å². The van der Waals surface area contributed by atoms with E-state index in [1.807, 2.05) is 45.9 Å². The lowest BCUT2D eigenvalue weighted by atomic mass is 9.86. The topological polar surface area (TPSA) is 132 Å². The Morgan fingerprint density at radius 1 is 1.06 bits per heavy atom. The number of ether oxygens (including phenoxy) is 3. The summed E-state index contributed by atoms with van der Waals surface area (Å²) < 4.78 is 30.3. The number of halogens is 1. The molecule has 0 spiro atoms. The van der Waals surface area contributed by atoms with Crippen LogP contribution in [0.2, 0.25) is 0 Å². The highest BCUT2D eigenvalue weighted by molar-refractivity contribution is 5.88. The molecular formula is C38H54FN3O6. The lowest BCUT2D eigenvalue weighted by molar-refractivity contribution is -0.134. The lowest BCUT2D eigenvalue weighted by Crippen LogP contribution is -2.52. The van der Waals surface area contributed by atoms with E-state index in [0.717, 1.165) is 36.0 Å². The maximum absolute atomic E-state index is 13.5. The Labute approximate surface area is 285 Å². The summed E-state index contributed by atoms with van der Waals surface area (Å²) in [7, 11) is 1.66. The Kier molecular flexibility index (Phi) is 16.3. The first-order valence-electron chi connectivity index (χ1n) is 17.1. The average molecular weight is 668 g/mol. The van der Waals surface area contributed by atoms with E-state index in [2.05, 4.69) is 22.5 Å². The number of rotatable bonds is 20. The van der Waals surface area contributed by atoms with Gasteiger partial charge in [-0.15, -0.1) is 0 Å². The molecule has 0 saturated heterocycles. The maximum atomic E-state index is 13.5. The molecule has 9 nitrogen and oxygen atoms in total. The van der Waals surface area contributed by atoms with E-state index in [1.165, 1.54) is 12.1 Å². The Balaban J connectivity index is 1.54. The first kappa shape index (κ1) is 39.0. The number of nitrogens with two attached hydrogens (primary N) is 1. The molecule has 0 radical (unpaired) electrons. The average Bonchev–Trinajstić information content (AvgIpc) is 3.91. The predicted molar refractivity (Wildman–Crippen MR) is 184 cm³/mol. The molecule has 0 bridgehead atoms. The molecule has 264 valence electrons. The van der Waals surface area contributed by atoms with Crippen molar-refractivity contribution >= 4 is 11.8 Å². The standard InChI is InChI=1S/C38H54FN3O6/c1-6-26(4)36(38(45)41-22-28-12-16-31(39)17-13-28)42-37(44)32(25(2)3)21-34(43)33(40)24-47-23-29-11-15-30(14-10-27-8-9-27)35(20-29)48-19-7-18-46-5/h11-13,15-17,20,25-27,32-34,36,43H,6-9,18-19,21-24,40H2,1-5H3,(H,41,45)(H,42,44)/t26-,32-,33-,34-,36-/m0/s1. The smallest absolute Gasteiger partial charge is 0.243 e. The third-order valence-corrected chi connectivity index (χ3v) is 8.67. The van der Waals surface area contributed by atoms with Gasteiger partial charge >= 0.3 is 0 Å². The fraction of sp³-hybridized carbons (Fsp3) is 0.579. The van der Waals surface area contributed by atoms with Crippen molar-refractivity contribution < 1.29 is 33.3 Å². The summed E-state index contributed by atoms with van der Waals surface area (Å²) in [4.78, 5) is 26.7. The monoisotopic (exact) mass is 667 g/mol. The molecule has 0 unspecified atom stereocenters. The summed E-state index contributed by atoms with van der Waals surface area (Å²) in [6, 6.07) is 10.2. The molecule has 3 rings (SSSR count). The van der Waals surface area contributed by atoms with Crippen molar-refractivity contribution in [3.8, 4) is 17.6 Å². The molecule has 10 heteroatoms. The van der Waals surface area contributed by atoms with Gasteiger partial charge in [0.1, 0.15) is 17.6 Å². The number of methoxy groups -OCH3 is 1. The Morgan fingerprint density at radius 3 is 2.42 bits per heavy atom. The molecule has 48 heavy (non-hydrogen) atoms. The third-order valence-electron chi connectivity index (χ3n) is 8.67. The number of hydrogen-bond acceptors (Lipinski definition) is 7. The highest BCUT2D eigenvalue weighted by Crippen LogP contribution is 2.28. The zero-order chi connectivity index (χ0) is 35.1. The number of nitrogens with one attached hydrogen (secondary N) is 2. The lowest BCUT2D eigenvalue weighted by Gasteiger charge is -2.29. The second kappa shape index (κ2) is 20.1. The van der Waals surface area contributed by atoms with Crippen LogP contribution in [0.3, 0.4) is 0 Å². The first-order chi connectivity index (χ1) is 23.0. The number of amides is 2. The fourth-order valence-corrected chi connectivity index (χ4v) is 5.08. The quantitative estimate of drug-likeness (QED) is 0.119. The number of carbonyl (C=O) groups is 2. The van der Waals surface area contributed by atoms with Crippen molar-refractivity contribution in [1.29, 1.82) is 0 Å². The minimum absolute atomic E-state index is 0.0855. The van der Waals surface area contributed by atoms with E-state index in [4.69, 9.17) is 19.9 Å². The molecule has 1 fully saturated rings. The van der Waals surface area contributed by atoms with Gasteiger partial charge in [0.25, 0.3) is 0 Å². The van der Waals surface area contributed by atoms with Crippen LogP contribution in [0.5, 0.6) is 5.75 Å². The van der Waals surface area contributed by atoms with Crippen molar-refractivity contribution in [1.82, 2.24) is 10.6 Å². The summed E-state index contributed by atoms with van der Waals surface area (Å²) in [6.07, 6.45) is 2.84. The molecular weight excluding hydrogens is 613 g/mol. The molecule has 0 aromatic heterocycles. The molecule has 1 aliphatic carbocycles. The molecule has 0 heterocycles. The van der Waals surface area contributed by atoms with Crippen LogP contribution in [0.15, 0.2) is 42.5 Å². The summed E-state index contributed by atoms with van der Waals surface area (Å²) in [6.45, 7) is 9.35. The summed E-state index contributed by atoms with van der Waals surface area (Å²) in [5.74, 6) is 5.90. The van der Waals surface area contributed by atoms with Gasteiger partial charge in [0.2, 0.25) is 11.8 Å². The number of aliphatic hydroxyl groups excluding tert-OH is 1. The van der Waals surface area contributed by atoms with Crippen LogP contribution in [0.4, 0.5) is 4.39 Å². The van der Waals surface area contributed by atoms with E-state index in [9.17, 15) is 19.1 Å². The Bertz CT molecular complexity index is 1350. The second-order valence-corrected chi connectivity index (χ2v) is 13.1. The van der Waals surface area contributed by atoms with Crippen molar-refractivity contribution in [2.75, 3.05) is 26.9 Å². The Morgan fingerprint density at radius 2 is 1.77 bits per heavy atom. The minimum Gasteiger partial charge on any atom is -0.492 e. The first-order valence-corrected chi connectivity index (χ1v) is 17.1. The molecule has 5 N–H and O–H groups in total. The number of hydrogen-bond donors (Lipinski definition) is 4. The van der Waals surface area contributed by atoms with Crippen LogP contribution in [0.1, 0.15) is 76.5 Å². The van der Waals surface area contributed by atoms with Crippen LogP contribution < -0.4 is 21.1 Å².